The van der Waals surface area contributed by atoms with E-state index in [1.54, 1.807) is 0 Å². The van der Waals surface area contributed by atoms with E-state index in [9.17, 15) is 9.59 Å². The highest BCUT2D eigenvalue weighted by Crippen LogP contribution is 2.12. The van der Waals surface area contributed by atoms with Gasteiger partial charge in [0.2, 0.25) is 5.91 Å². The van der Waals surface area contributed by atoms with E-state index in [1.807, 2.05) is 39.0 Å². The van der Waals surface area contributed by atoms with E-state index in [1.165, 1.54) is 5.56 Å². The van der Waals surface area contributed by atoms with Gasteiger partial charge >= 0.3 is 0 Å². The van der Waals surface area contributed by atoms with Gasteiger partial charge in [-0.15, -0.1) is 0 Å². The van der Waals surface area contributed by atoms with Crippen LogP contribution in [0.1, 0.15) is 47.7 Å². The number of carbonyl (C=O) groups is 2. The zero-order chi connectivity index (χ0) is 13.5. The number of benzene rings is 1. The van der Waals surface area contributed by atoms with Crippen LogP contribution in [0.3, 0.4) is 0 Å². The standard InChI is InChI=1S/C15H21NO2/c1-4-16-15(18)7-5-6-14(17)13-9-8-11(2)12(3)10-13/h8-10H,4-7H2,1-3H3,(H,16,18). The first kappa shape index (κ1) is 14.4. The Balaban J connectivity index is 2.45. The lowest BCUT2D eigenvalue weighted by molar-refractivity contribution is -0.121. The molecule has 0 aliphatic heterocycles. The first-order valence-electron chi connectivity index (χ1n) is 6.41. The summed E-state index contributed by atoms with van der Waals surface area (Å²) in [6.45, 7) is 6.56. The number of Topliss-reactive ketones (excluding diaryl/α,β-unsaturated/α-hetero) is 1. The molecular formula is C15H21NO2. The van der Waals surface area contributed by atoms with Crippen molar-refractivity contribution in [3.05, 3.63) is 34.9 Å². The number of nitrogens with one attached hydrogen (secondary N) is 1. The Labute approximate surface area is 109 Å². The van der Waals surface area contributed by atoms with Crippen LogP contribution in [0, 0.1) is 13.8 Å². The van der Waals surface area contributed by atoms with Crippen LogP contribution in [-0.2, 0) is 4.79 Å². The summed E-state index contributed by atoms with van der Waals surface area (Å²) >= 11 is 0. The lowest BCUT2D eigenvalue weighted by Gasteiger charge is -2.05. The summed E-state index contributed by atoms with van der Waals surface area (Å²) in [5.41, 5.74) is 3.06. The zero-order valence-corrected chi connectivity index (χ0v) is 11.4. The SMILES string of the molecule is CCNC(=O)CCCC(=O)c1ccc(C)c(C)c1. The monoisotopic (exact) mass is 247 g/mol. The molecule has 0 atom stereocenters. The van der Waals surface area contributed by atoms with Crippen molar-refractivity contribution in [2.45, 2.75) is 40.0 Å². The molecule has 3 nitrogen and oxygen atoms in total. The Morgan fingerprint density at radius 1 is 1.11 bits per heavy atom. The molecule has 0 heterocycles. The maximum absolute atomic E-state index is 11.9. The van der Waals surface area contributed by atoms with Crippen LogP contribution < -0.4 is 5.32 Å². The lowest BCUT2D eigenvalue weighted by atomic mass is 10.0. The average molecular weight is 247 g/mol. The number of carbonyl (C=O) groups excluding carboxylic acids is 2. The van der Waals surface area contributed by atoms with Crippen LogP contribution in [0.4, 0.5) is 0 Å². The molecule has 3 heteroatoms. The molecule has 0 saturated heterocycles. The third kappa shape index (κ3) is 4.32. The molecule has 0 radical (unpaired) electrons. The first-order chi connectivity index (χ1) is 8.54. The number of rotatable bonds is 6. The summed E-state index contributed by atoms with van der Waals surface area (Å²) in [4.78, 5) is 23.2. The summed E-state index contributed by atoms with van der Waals surface area (Å²) in [6, 6.07) is 5.74. The third-order valence-electron chi connectivity index (χ3n) is 3.01. The van der Waals surface area contributed by atoms with E-state index >= 15 is 0 Å². The highest BCUT2D eigenvalue weighted by Gasteiger charge is 2.08. The van der Waals surface area contributed by atoms with E-state index in [-0.39, 0.29) is 11.7 Å². The van der Waals surface area contributed by atoms with Gasteiger partial charge in [0.25, 0.3) is 0 Å². The minimum absolute atomic E-state index is 0.0189. The summed E-state index contributed by atoms with van der Waals surface area (Å²) in [5, 5.41) is 2.73. The van der Waals surface area contributed by atoms with Crippen LogP contribution >= 0.6 is 0 Å². The van der Waals surface area contributed by atoms with Crippen LogP contribution in [-0.4, -0.2) is 18.2 Å². The van der Waals surface area contributed by atoms with Crippen molar-refractivity contribution in [1.29, 1.82) is 0 Å². The number of hydrogen-bond donors (Lipinski definition) is 1. The van der Waals surface area contributed by atoms with E-state index in [2.05, 4.69) is 5.32 Å². The molecule has 1 aromatic rings. The third-order valence-corrected chi connectivity index (χ3v) is 3.01. The second-order valence-corrected chi connectivity index (χ2v) is 4.53. The molecule has 1 rings (SSSR count). The van der Waals surface area contributed by atoms with Gasteiger partial charge in [-0.3, -0.25) is 9.59 Å². The maximum atomic E-state index is 11.9. The van der Waals surface area contributed by atoms with Gasteiger partial charge < -0.3 is 5.32 Å². The minimum atomic E-state index is 0.0189. The Bertz CT molecular complexity index is 438. The van der Waals surface area contributed by atoms with Gasteiger partial charge in [-0.05, 0) is 44.4 Å². The molecule has 98 valence electrons. The topological polar surface area (TPSA) is 46.2 Å². The van der Waals surface area contributed by atoms with Gasteiger partial charge in [-0.2, -0.15) is 0 Å². The molecule has 0 spiro atoms. The first-order valence-corrected chi connectivity index (χ1v) is 6.41. The molecule has 0 bridgehead atoms. The molecule has 1 N–H and O–H groups in total. The normalized spacial score (nSPS) is 10.2. The maximum Gasteiger partial charge on any atom is 0.219 e. The predicted octanol–water partition coefficient (Wildman–Crippen LogP) is 2.79. The highest BCUT2D eigenvalue weighted by molar-refractivity contribution is 5.96. The molecule has 1 aromatic carbocycles. The van der Waals surface area contributed by atoms with Crippen LogP contribution in [0.2, 0.25) is 0 Å². The van der Waals surface area contributed by atoms with Crippen LogP contribution in [0.5, 0.6) is 0 Å². The van der Waals surface area contributed by atoms with Gasteiger partial charge in [-0.25, -0.2) is 0 Å². The van der Waals surface area contributed by atoms with Crippen molar-refractivity contribution < 1.29 is 9.59 Å². The molecule has 18 heavy (non-hydrogen) atoms. The van der Waals surface area contributed by atoms with Crippen LogP contribution in [0.25, 0.3) is 0 Å². The smallest absolute Gasteiger partial charge is 0.219 e. The highest BCUT2D eigenvalue weighted by atomic mass is 16.1. The molecule has 0 aliphatic carbocycles. The van der Waals surface area contributed by atoms with Crippen molar-refractivity contribution in [2.24, 2.45) is 0 Å². The number of hydrogen-bond acceptors (Lipinski definition) is 2. The van der Waals surface area contributed by atoms with E-state index in [0.717, 1.165) is 11.1 Å². The summed E-state index contributed by atoms with van der Waals surface area (Å²) in [6.07, 6.45) is 1.46. The second kappa shape index (κ2) is 6.94. The van der Waals surface area contributed by atoms with Crippen molar-refractivity contribution in [1.82, 2.24) is 5.32 Å². The molecule has 0 fully saturated rings. The van der Waals surface area contributed by atoms with Gasteiger partial charge in [0.1, 0.15) is 0 Å². The van der Waals surface area contributed by atoms with Crippen molar-refractivity contribution in [3.8, 4) is 0 Å². The number of ketones is 1. The van der Waals surface area contributed by atoms with Gasteiger partial charge in [-0.1, -0.05) is 12.1 Å². The van der Waals surface area contributed by atoms with Gasteiger partial charge in [0.05, 0.1) is 0 Å². The van der Waals surface area contributed by atoms with Gasteiger partial charge in [0, 0.05) is 24.9 Å². The molecular weight excluding hydrogens is 226 g/mol. The zero-order valence-electron chi connectivity index (χ0n) is 11.4. The second-order valence-electron chi connectivity index (χ2n) is 4.53. The Kier molecular flexibility index (Phi) is 5.56. The molecule has 1 amide bonds. The summed E-state index contributed by atoms with van der Waals surface area (Å²) in [7, 11) is 0. The Morgan fingerprint density at radius 2 is 1.83 bits per heavy atom. The predicted molar refractivity (Wildman–Crippen MR) is 72.8 cm³/mol. The van der Waals surface area contributed by atoms with Crippen molar-refractivity contribution in [2.75, 3.05) is 6.54 Å². The van der Waals surface area contributed by atoms with Crippen LogP contribution in [0.15, 0.2) is 18.2 Å². The Morgan fingerprint density at radius 3 is 2.44 bits per heavy atom. The number of aryl methyl sites for hydroxylation is 2. The molecule has 0 unspecified atom stereocenters. The lowest BCUT2D eigenvalue weighted by Crippen LogP contribution is -2.22. The number of amides is 1. The fraction of sp³-hybridized carbons (Fsp3) is 0.467. The van der Waals surface area contributed by atoms with Gasteiger partial charge in [0.15, 0.2) is 5.78 Å². The summed E-state index contributed by atoms with van der Waals surface area (Å²) in [5.74, 6) is 0.132. The largest absolute Gasteiger partial charge is 0.356 e. The minimum Gasteiger partial charge on any atom is -0.356 e. The molecule has 0 saturated carbocycles. The van der Waals surface area contributed by atoms with Crippen molar-refractivity contribution >= 4 is 11.7 Å². The molecule has 0 aromatic heterocycles. The van der Waals surface area contributed by atoms with E-state index in [4.69, 9.17) is 0 Å². The average Bonchev–Trinajstić information content (AvgIpc) is 2.33. The molecule has 0 aliphatic rings. The van der Waals surface area contributed by atoms with E-state index < -0.39 is 0 Å². The quantitative estimate of drug-likeness (QED) is 0.786. The fourth-order valence-corrected chi connectivity index (χ4v) is 1.75. The fourth-order valence-electron chi connectivity index (χ4n) is 1.75. The van der Waals surface area contributed by atoms with Crippen molar-refractivity contribution in [3.63, 3.8) is 0 Å². The van der Waals surface area contributed by atoms with E-state index in [0.29, 0.717) is 25.8 Å². The Hall–Kier alpha value is -1.64. The summed E-state index contributed by atoms with van der Waals surface area (Å²) < 4.78 is 0.